The molecule has 0 radical (unpaired) electrons. The predicted molar refractivity (Wildman–Crippen MR) is 68.9 cm³/mol. The summed E-state index contributed by atoms with van der Waals surface area (Å²) in [7, 11) is 0. The van der Waals surface area contributed by atoms with Crippen molar-refractivity contribution in [3.63, 3.8) is 0 Å². The Hall–Kier alpha value is -0.520. The molecule has 0 aromatic heterocycles. The Kier molecular flexibility index (Phi) is 4.19. The largest absolute Gasteiger partial charge is 0.0998 e. The molecule has 1 rings (SSSR count). The number of allylic oxidation sites excluding steroid dienone is 3. The summed E-state index contributed by atoms with van der Waals surface area (Å²) in [6.07, 6.45) is 3.89. The first-order chi connectivity index (χ1) is 7.02. The summed E-state index contributed by atoms with van der Waals surface area (Å²) < 4.78 is 0. The number of rotatable bonds is 4. The van der Waals surface area contributed by atoms with Crippen molar-refractivity contribution in [2.45, 2.75) is 53.9 Å². The van der Waals surface area contributed by atoms with E-state index in [2.05, 4.69) is 41.2 Å². The van der Waals surface area contributed by atoms with Crippen molar-refractivity contribution in [1.82, 2.24) is 0 Å². The molecule has 3 unspecified atom stereocenters. The van der Waals surface area contributed by atoms with Gasteiger partial charge >= 0.3 is 0 Å². The second-order valence-electron chi connectivity index (χ2n) is 5.20. The Balaban J connectivity index is 2.78. The summed E-state index contributed by atoms with van der Waals surface area (Å²) >= 11 is 0. The second-order valence-corrected chi connectivity index (χ2v) is 5.20. The maximum absolute atomic E-state index is 4.17. The van der Waals surface area contributed by atoms with Gasteiger partial charge in [-0.1, -0.05) is 43.6 Å². The van der Waals surface area contributed by atoms with Crippen LogP contribution >= 0.6 is 0 Å². The van der Waals surface area contributed by atoms with Crippen molar-refractivity contribution in [2.75, 3.05) is 0 Å². The van der Waals surface area contributed by atoms with Crippen molar-refractivity contribution >= 4 is 0 Å². The minimum Gasteiger partial charge on any atom is -0.0998 e. The van der Waals surface area contributed by atoms with Gasteiger partial charge in [0, 0.05) is 0 Å². The molecule has 3 atom stereocenters. The zero-order valence-corrected chi connectivity index (χ0v) is 11.1. The van der Waals surface area contributed by atoms with E-state index in [-0.39, 0.29) is 0 Å². The molecule has 1 aliphatic rings. The van der Waals surface area contributed by atoms with Crippen LogP contribution in [0.5, 0.6) is 0 Å². The summed E-state index contributed by atoms with van der Waals surface area (Å²) in [6.45, 7) is 15.5. The van der Waals surface area contributed by atoms with Gasteiger partial charge in [0.15, 0.2) is 0 Å². The molecule has 0 heteroatoms. The predicted octanol–water partition coefficient (Wildman–Crippen LogP) is 4.97. The third-order valence-corrected chi connectivity index (χ3v) is 4.35. The maximum Gasteiger partial charge on any atom is -0.0114 e. The van der Waals surface area contributed by atoms with E-state index in [9.17, 15) is 0 Å². The lowest BCUT2D eigenvalue weighted by molar-refractivity contribution is 0.128. The first kappa shape index (κ1) is 12.5. The normalized spacial score (nSPS) is 31.9. The lowest BCUT2D eigenvalue weighted by Gasteiger charge is -2.46. The van der Waals surface area contributed by atoms with Gasteiger partial charge in [0.05, 0.1) is 0 Å². The van der Waals surface area contributed by atoms with E-state index < -0.39 is 0 Å². The molecule has 1 saturated carbocycles. The highest BCUT2D eigenvalue weighted by atomic mass is 14.4. The second kappa shape index (κ2) is 5.01. The molecule has 0 bridgehead atoms. The van der Waals surface area contributed by atoms with Gasteiger partial charge in [-0.15, -0.1) is 0 Å². The Bertz CT molecular complexity index is 270. The summed E-state index contributed by atoms with van der Waals surface area (Å²) in [5.74, 6) is 2.45. The SMILES string of the molecule is C=C(C)C1C(CC)CC1C(C)=C(C)CC. The molecule has 0 nitrogen and oxygen atoms in total. The topological polar surface area (TPSA) is 0 Å². The van der Waals surface area contributed by atoms with Gasteiger partial charge < -0.3 is 0 Å². The van der Waals surface area contributed by atoms with Crippen LogP contribution in [0.3, 0.4) is 0 Å². The van der Waals surface area contributed by atoms with E-state index in [0.717, 1.165) is 17.8 Å². The maximum atomic E-state index is 4.17. The molecule has 1 aliphatic carbocycles. The molecule has 0 spiro atoms. The Morgan fingerprint density at radius 2 is 1.80 bits per heavy atom. The quantitative estimate of drug-likeness (QED) is 0.570. The van der Waals surface area contributed by atoms with Gasteiger partial charge in [-0.05, 0) is 51.4 Å². The smallest absolute Gasteiger partial charge is 0.0114 e. The first-order valence-electron chi connectivity index (χ1n) is 6.34. The lowest BCUT2D eigenvalue weighted by atomic mass is 9.58. The van der Waals surface area contributed by atoms with Gasteiger partial charge in [-0.3, -0.25) is 0 Å². The fraction of sp³-hybridized carbons (Fsp3) is 0.733. The van der Waals surface area contributed by atoms with Crippen LogP contribution in [0, 0.1) is 17.8 Å². The van der Waals surface area contributed by atoms with Crippen molar-refractivity contribution < 1.29 is 0 Å². The highest BCUT2D eigenvalue weighted by Crippen LogP contribution is 2.50. The minimum atomic E-state index is 0.761. The van der Waals surface area contributed by atoms with Crippen LogP contribution in [0.2, 0.25) is 0 Å². The molecule has 1 fully saturated rings. The molecule has 0 saturated heterocycles. The van der Waals surface area contributed by atoms with Crippen LogP contribution in [0.1, 0.15) is 53.9 Å². The molecule has 0 aromatic rings. The lowest BCUT2D eigenvalue weighted by Crippen LogP contribution is -2.38. The Labute approximate surface area is 95.5 Å². The van der Waals surface area contributed by atoms with Gasteiger partial charge in [0.2, 0.25) is 0 Å². The van der Waals surface area contributed by atoms with E-state index in [1.165, 1.54) is 24.8 Å². The van der Waals surface area contributed by atoms with Gasteiger partial charge in [-0.25, -0.2) is 0 Å². The van der Waals surface area contributed by atoms with Crippen LogP contribution in [0.4, 0.5) is 0 Å². The van der Waals surface area contributed by atoms with Crippen LogP contribution in [-0.4, -0.2) is 0 Å². The first-order valence-corrected chi connectivity index (χ1v) is 6.34. The Morgan fingerprint density at radius 3 is 2.20 bits per heavy atom. The summed E-state index contributed by atoms with van der Waals surface area (Å²) in [4.78, 5) is 0. The van der Waals surface area contributed by atoms with E-state index in [0.29, 0.717) is 0 Å². The van der Waals surface area contributed by atoms with Crippen LogP contribution in [-0.2, 0) is 0 Å². The van der Waals surface area contributed by atoms with E-state index in [4.69, 9.17) is 0 Å². The molecular formula is C15H26. The fourth-order valence-electron chi connectivity index (χ4n) is 2.96. The van der Waals surface area contributed by atoms with Gasteiger partial charge in [0.1, 0.15) is 0 Å². The van der Waals surface area contributed by atoms with E-state index in [1.54, 1.807) is 11.1 Å². The van der Waals surface area contributed by atoms with Crippen molar-refractivity contribution in [3.8, 4) is 0 Å². The van der Waals surface area contributed by atoms with Crippen LogP contribution in [0.25, 0.3) is 0 Å². The van der Waals surface area contributed by atoms with Crippen molar-refractivity contribution in [2.24, 2.45) is 17.8 Å². The zero-order chi connectivity index (χ0) is 11.6. The van der Waals surface area contributed by atoms with Crippen LogP contribution in [0.15, 0.2) is 23.3 Å². The zero-order valence-electron chi connectivity index (χ0n) is 11.1. The van der Waals surface area contributed by atoms with Crippen molar-refractivity contribution in [3.05, 3.63) is 23.3 Å². The highest BCUT2D eigenvalue weighted by molar-refractivity contribution is 5.22. The number of hydrogen-bond acceptors (Lipinski definition) is 0. The van der Waals surface area contributed by atoms with Crippen LogP contribution < -0.4 is 0 Å². The van der Waals surface area contributed by atoms with E-state index in [1.807, 2.05) is 0 Å². The average Bonchev–Trinajstić information content (AvgIpc) is 2.14. The molecule has 0 heterocycles. The van der Waals surface area contributed by atoms with Gasteiger partial charge in [-0.2, -0.15) is 0 Å². The molecule has 0 amide bonds. The molecule has 0 N–H and O–H groups in total. The number of hydrogen-bond donors (Lipinski definition) is 0. The highest BCUT2D eigenvalue weighted by Gasteiger charge is 2.40. The third kappa shape index (κ3) is 2.35. The molecule has 0 aromatic carbocycles. The van der Waals surface area contributed by atoms with Gasteiger partial charge in [0.25, 0.3) is 0 Å². The standard InChI is InChI=1S/C15H26/c1-7-11(5)12(6)14-9-13(8-2)15(14)10(3)4/h13-15H,3,7-9H2,1-2,4-6H3. The van der Waals surface area contributed by atoms with Crippen molar-refractivity contribution in [1.29, 1.82) is 0 Å². The summed E-state index contributed by atoms with van der Waals surface area (Å²) in [6, 6.07) is 0. The molecule has 15 heavy (non-hydrogen) atoms. The summed E-state index contributed by atoms with van der Waals surface area (Å²) in [5.41, 5.74) is 4.61. The molecule has 86 valence electrons. The molecule has 0 aliphatic heterocycles. The molecular weight excluding hydrogens is 180 g/mol. The van der Waals surface area contributed by atoms with E-state index >= 15 is 0 Å². The minimum absolute atomic E-state index is 0.761. The Morgan fingerprint density at radius 1 is 1.20 bits per heavy atom. The fourth-order valence-corrected chi connectivity index (χ4v) is 2.96. The monoisotopic (exact) mass is 206 g/mol. The third-order valence-electron chi connectivity index (χ3n) is 4.35. The average molecular weight is 206 g/mol. The summed E-state index contributed by atoms with van der Waals surface area (Å²) in [5, 5.41) is 0.